The summed E-state index contributed by atoms with van der Waals surface area (Å²) in [6, 6.07) is 8.62. The van der Waals surface area contributed by atoms with Crippen LogP contribution in [-0.4, -0.2) is 43.4 Å². The van der Waals surface area contributed by atoms with Crippen molar-refractivity contribution in [2.75, 3.05) is 6.54 Å². The maximum absolute atomic E-state index is 13.0. The molecule has 1 saturated heterocycles. The van der Waals surface area contributed by atoms with Crippen molar-refractivity contribution in [3.63, 3.8) is 0 Å². The highest BCUT2D eigenvalue weighted by atomic mass is 32.2. The molecule has 2 rings (SSSR count). The number of nitriles is 1. The summed E-state index contributed by atoms with van der Waals surface area (Å²) in [7, 11) is 0.495. The minimum absolute atomic E-state index is 0.0434. The van der Waals surface area contributed by atoms with Gasteiger partial charge in [-0.2, -0.15) is 5.26 Å². The fraction of sp³-hybridized carbons (Fsp3) is 0.526. The lowest BCUT2D eigenvalue weighted by atomic mass is 9.72. The van der Waals surface area contributed by atoms with Gasteiger partial charge in [-0.15, -0.1) is 0 Å². The first-order valence-electron chi connectivity index (χ1n) is 8.59. The van der Waals surface area contributed by atoms with Gasteiger partial charge in [0.2, 0.25) is 11.0 Å². The smallest absolute Gasteiger partial charge is 0.225 e. The molecule has 1 fully saturated rings. The number of rotatable bonds is 5. The van der Waals surface area contributed by atoms with Gasteiger partial charge < -0.3 is 9.33 Å². The first-order chi connectivity index (χ1) is 12.0. The van der Waals surface area contributed by atoms with E-state index in [-0.39, 0.29) is 16.4 Å². The van der Waals surface area contributed by atoms with Crippen molar-refractivity contribution in [1.29, 1.82) is 5.26 Å². The molecule has 2 atom stereocenters. The number of carbonyl (C=O) groups is 2. The van der Waals surface area contributed by atoms with Gasteiger partial charge in [0, 0.05) is 18.5 Å². The predicted octanol–water partition coefficient (Wildman–Crippen LogP) is 2.48. The first-order valence-corrected chi connectivity index (χ1v) is 10.2. The molecule has 5 nitrogen and oxygen atoms in total. The van der Waals surface area contributed by atoms with Crippen LogP contribution in [0.3, 0.4) is 0 Å². The highest BCUT2D eigenvalue weighted by Gasteiger charge is 2.59. The molecule has 1 aliphatic rings. The average molecular weight is 391 g/mol. The van der Waals surface area contributed by atoms with E-state index < -0.39 is 10.5 Å². The van der Waals surface area contributed by atoms with Gasteiger partial charge >= 0.3 is 0 Å². The molecular weight excluding hydrogens is 364 g/mol. The van der Waals surface area contributed by atoms with E-state index in [0.29, 0.717) is 34.6 Å². The minimum Gasteiger partial charge on any atom is -0.419 e. The Labute approximate surface area is 162 Å². The van der Waals surface area contributed by atoms with Gasteiger partial charge in [-0.05, 0) is 43.5 Å². The third-order valence-corrected chi connectivity index (χ3v) is 7.88. The Bertz CT molecular complexity index is 754. The van der Waals surface area contributed by atoms with Crippen molar-refractivity contribution in [1.82, 2.24) is 4.90 Å². The Kier molecular flexibility index (Phi) is 5.71. The van der Waals surface area contributed by atoms with Crippen LogP contribution in [0.5, 0.6) is 0 Å². The lowest BCUT2D eigenvalue weighted by Crippen LogP contribution is -2.70. The number of hydrogen-bond acceptors (Lipinski definition) is 5. The molecule has 0 N–H and O–H groups in total. The molecule has 0 bridgehead atoms. The molecule has 26 heavy (non-hydrogen) atoms. The fourth-order valence-corrected chi connectivity index (χ4v) is 5.95. The molecule has 1 heterocycles. The molecule has 140 valence electrons. The summed E-state index contributed by atoms with van der Waals surface area (Å²) in [6.45, 7) is 10.8. The monoisotopic (exact) mass is 390 g/mol. The summed E-state index contributed by atoms with van der Waals surface area (Å²) in [5.41, 5.74) is 0.0412. The maximum Gasteiger partial charge on any atom is 0.225 e. The van der Waals surface area contributed by atoms with E-state index in [1.807, 2.05) is 13.8 Å². The number of hydrogen-bond donors (Lipinski definition) is 0. The molecule has 7 heteroatoms. The SMILES string of the molecule is CC(C)(C)[C@](C)(O[SiH3])[C@](C)(SC(=O)c1ccc(C#N)cc1)N1CCC1=O. The largest absolute Gasteiger partial charge is 0.419 e. The van der Waals surface area contributed by atoms with E-state index in [4.69, 9.17) is 9.69 Å². The number of amides is 1. The number of benzene rings is 1. The van der Waals surface area contributed by atoms with Crippen molar-refractivity contribution in [2.24, 2.45) is 5.41 Å². The van der Waals surface area contributed by atoms with E-state index in [1.165, 1.54) is 0 Å². The summed E-state index contributed by atoms with van der Waals surface area (Å²) >= 11 is 1.14. The fourth-order valence-electron chi connectivity index (χ4n) is 3.29. The Balaban J connectivity index is 2.43. The second-order valence-electron chi connectivity index (χ2n) is 7.84. The van der Waals surface area contributed by atoms with E-state index in [0.717, 1.165) is 11.8 Å². The van der Waals surface area contributed by atoms with Crippen molar-refractivity contribution in [3.8, 4) is 6.07 Å². The van der Waals surface area contributed by atoms with E-state index in [1.54, 1.807) is 29.2 Å². The van der Waals surface area contributed by atoms with Crippen LogP contribution in [0.25, 0.3) is 0 Å². The van der Waals surface area contributed by atoms with E-state index in [9.17, 15) is 9.59 Å². The maximum atomic E-state index is 13.0. The van der Waals surface area contributed by atoms with Gasteiger partial charge in [-0.1, -0.05) is 32.5 Å². The Morgan fingerprint density at radius 3 is 2.15 bits per heavy atom. The minimum atomic E-state index is -0.826. The van der Waals surface area contributed by atoms with Crippen LogP contribution in [0.4, 0.5) is 0 Å². The summed E-state index contributed by atoms with van der Waals surface area (Å²) in [5, 5.41) is 8.79. The Morgan fingerprint density at radius 1 is 1.23 bits per heavy atom. The lowest BCUT2D eigenvalue weighted by molar-refractivity contribution is -0.159. The van der Waals surface area contributed by atoms with Crippen molar-refractivity contribution in [2.45, 2.75) is 51.5 Å². The van der Waals surface area contributed by atoms with Crippen molar-refractivity contribution < 1.29 is 14.0 Å². The zero-order valence-electron chi connectivity index (χ0n) is 16.3. The number of carbonyl (C=O) groups excluding carboxylic acids is 2. The number of β-lactam (4-membered cyclic amide) rings is 1. The predicted molar refractivity (Wildman–Crippen MR) is 107 cm³/mol. The number of thioether (sulfide) groups is 1. The van der Waals surface area contributed by atoms with Crippen LogP contribution in [0.1, 0.15) is 57.0 Å². The van der Waals surface area contributed by atoms with Crippen molar-refractivity contribution >= 4 is 33.3 Å². The lowest BCUT2D eigenvalue weighted by Gasteiger charge is -2.59. The van der Waals surface area contributed by atoms with E-state index >= 15 is 0 Å². The van der Waals surface area contributed by atoms with Gasteiger partial charge in [-0.25, -0.2) is 0 Å². The molecule has 0 unspecified atom stereocenters. The highest BCUT2D eigenvalue weighted by Crippen LogP contribution is 2.52. The molecule has 0 radical (unpaired) electrons. The molecule has 1 aromatic carbocycles. The molecule has 0 saturated carbocycles. The summed E-state index contributed by atoms with van der Waals surface area (Å²) in [6.07, 6.45) is 0.503. The molecule has 0 aliphatic carbocycles. The Morgan fingerprint density at radius 2 is 1.81 bits per heavy atom. The van der Waals surface area contributed by atoms with Crippen LogP contribution in [-0.2, 0) is 9.22 Å². The van der Waals surface area contributed by atoms with Crippen LogP contribution in [0, 0.1) is 16.7 Å². The first kappa shape index (κ1) is 20.7. The van der Waals surface area contributed by atoms with Crippen LogP contribution >= 0.6 is 11.8 Å². The van der Waals surface area contributed by atoms with Crippen LogP contribution < -0.4 is 0 Å². The third kappa shape index (κ3) is 3.33. The third-order valence-electron chi connectivity index (χ3n) is 5.63. The molecule has 1 amide bonds. The van der Waals surface area contributed by atoms with Crippen LogP contribution in [0.15, 0.2) is 24.3 Å². The van der Waals surface area contributed by atoms with Gasteiger partial charge in [0.25, 0.3) is 0 Å². The molecular formula is C19H26N2O3SSi. The van der Waals surface area contributed by atoms with Gasteiger partial charge in [0.15, 0.2) is 0 Å². The molecule has 1 aromatic rings. The average Bonchev–Trinajstić information content (AvgIpc) is 2.58. The summed E-state index contributed by atoms with van der Waals surface area (Å²) in [5.74, 6) is 0.0434. The second kappa shape index (κ2) is 7.18. The highest BCUT2D eigenvalue weighted by molar-refractivity contribution is 8.15. The normalized spacial score (nSPS) is 19.2. The van der Waals surface area contributed by atoms with E-state index in [2.05, 4.69) is 26.8 Å². The van der Waals surface area contributed by atoms with Crippen molar-refractivity contribution in [3.05, 3.63) is 35.4 Å². The molecule has 0 aromatic heterocycles. The zero-order chi connectivity index (χ0) is 19.8. The topological polar surface area (TPSA) is 70.4 Å². The standard InChI is InChI=1S/C19H26N2O3SSi/c1-17(2,3)18(4,24-26)19(5,21-11-10-15(21)22)25-16(23)14-8-6-13(12-20)7-9-14/h6-9H,10-11H2,1-5,26H3/t18-,19-/m0/s1. The summed E-state index contributed by atoms with van der Waals surface area (Å²) in [4.78, 5) is 26.2. The Hall–Kier alpha value is -1.62. The van der Waals surface area contributed by atoms with Gasteiger partial charge in [-0.3, -0.25) is 9.59 Å². The molecule has 1 aliphatic heterocycles. The second-order valence-corrected chi connectivity index (χ2v) is 9.62. The van der Waals surface area contributed by atoms with Crippen LogP contribution in [0.2, 0.25) is 0 Å². The molecule has 0 spiro atoms. The summed E-state index contributed by atoms with van der Waals surface area (Å²) < 4.78 is 6.07. The van der Waals surface area contributed by atoms with Gasteiger partial charge in [0.1, 0.15) is 15.4 Å². The zero-order valence-corrected chi connectivity index (χ0v) is 19.1. The number of likely N-dealkylation sites (tertiary alicyclic amines) is 1. The quantitative estimate of drug-likeness (QED) is 0.571. The number of nitrogens with zero attached hydrogens (tertiary/aromatic N) is 2. The van der Waals surface area contributed by atoms with Gasteiger partial charge in [0.05, 0.1) is 17.2 Å².